The first-order chi connectivity index (χ1) is 20.4. The van der Waals surface area contributed by atoms with E-state index in [1.54, 1.807) is 0 Å². The molecular weight excluding hydrogens is 516 g/mol. The molecule has 2 bridgehead atoms. The standard InChI is InChI=1S/C38H38N2O2/c1-5-34-36(27(2)40(4)35-20-17-30(26-39)32-13-9-10-14-33(32)35)37(3)21-22-38(34,42-37)23-24-41-31-18-15-29(16-19-31)25-28-11-7-6-8-12-28/h5-20,34,36H,1-2,21-25H2,3-4H3/t34-,36+,37-,38-/m1/s1. The average Bonchev–Trinajstić information content (AvgIpc) is 3.49. The van der Waals surface area contributed by atoms with E-state index in [0.717, 1.165) is 53.6 Å². The lowest BCUT2D eigenvalue weighted by Gasteiger charge is -2.40. The van der Waals surface area contributed by atoms with Gasteiger partial charge in [-0.25, -0.2) is 0 Å². The average molecular weight is 555 g/mol. The Balaban J connectivity index is 1.16. The van der Waals surface area contributed by atoms with E-state index in [0.29, 0.717) is 12.2 Å². The molecule has 0 spiro atoms. The van der Waals surface area contributed by atoms with Crippen LogP contribution in [0.1, 0.15) is 42.9 Å². The van der Waals surface area contributed by atoms with Crippen molar-refractivity contribution >= 4 is 16.5 Å². The molecule has 4 heteroatoms. The molecule has 0 amide bonds. The molecular formula is C38H38N2O2. The minimum atomic E-state index is -0.328. The van der Waals surface area contributed by atoms with E-state index in [-0.39, 0.29) is 23.0 Å². The molecule has 42 heavy (non-hydrogen) atoms. The molecule has 2 aliphatic heterocycles. The highest BCUT2D eigenvalue weighted by Gasteiger charge is 2.64. The van der Waals surface area contributed by atoms with Crippen LogP contribution in [-0.2, 0) is 11.2 Å². The van der Waals surface area contributed by atoms with Crippen LogP contribution >= 0.6 is 0 Å². The normalized spacial score (nSPS) is 24.3. The highest BCUT2D eigenvalue weighted by atomic mass is 16.5. The van der Waals surface area contributed by atoms with Gasteiger partial charge in [0, 0.05) is 47.5 Å². The summed E-state index contributed by atoms with van der Waals surface area (Å²) in [7, 11) is 2.07. The molecule has 4 nitrogen and oxygen atoms in total. The highest BCUT2D eigenvalue weighted by Crippen LogP contribution is 2.61. The van der Waals surface area contributed by atoms with Crippen LogP contribution in [0.3, 0.4) is 0 Å². The van der Waals surface area contributed by atoms with Crippen molar-refractivity contribution in [2.24, 2.45) is 11.8 Å². The smallest absolute Gasteiger partial charge is 0.119 e. The quantitative estimate of drug-likeness (QED) is 0.185. The summed E-state index contributed by atoms with van der Waals surface area (Å²) in [6.07, 6.45) is 5.72. The number of rotatable bonds is 10. The zero-order chi connectivity index (χ0) is 29.3. The Kier molecular flexibility index (Phi) is 7.39. The van der Waals surface area contributed by atoms with Crippen LogP contribution in [-0.4, -0.2) is 24.9 Å². The summed E-state index contributed by atoms with van der Waals surface area (Å²) in [6.45, 7) is 11.7. The summed E-state index contributed by atoms with van der Waals surface area (Å²) >= 11 is 0. The number of nitrogens with zero attached hydrogens (tertiary/aromatic N) is 2. The van der Waals surface area contributed by atoms with Gasteiger partial charge in [-0.3, -0.25) is 0 Å². The molecule has 0 aromatic heterocycles. The van der Waals surface area contributed by atoms with Gasteiger partial charge in [0.05, 0.1) is 29.4 Å². The zero-order valence-corrected chi connectivity index (χ0v) is 24.6. The van der Waals surface area contributed by atoms with Crippen molar-refractivity contribution in [2.45, 2.75) is 43.8 Å². The van der Waals surface area contributed by atoms with Crippen molar-refractivity contribution in [2.75, 3.05) is 18.6 Å². The largest absolute Gasteiger partial charge is 0.493 e. The molecule has 212 valence electrons. The molecule has 0 radical (unpaired) electrons. The van der Waals surface area contributed by atoms with Gasteiger partial charge in [0.1, 0.15) is 5.75 Å². The lowest BCUT2D eigenvalue weighted by Crippen LogP contribution is -2.43. The Labute approximate surface area is 249 Å². The predicted octanol–water partition coefficient (Wildman–Crippen LogP) is 8.46. The number of fused-ring (bicyclic) bond motifs is 3. The second kappa shape index (κ2) is 11.2. The van der Waals surface area contributed by atoms with Crippen molar-refractivity contribution in [3.05, 3.63) is 133 Å². The molecule has 2 fully saturated rings. The number of anilines is 1. The molecule has 6 rings (SSSR count). The fourth-order valence-electron chi connectivity index (χ4n) is 7.33. The Morgan fingerprint density at radius 1 is 0.976 bits per heavy atom. The van der Waals surface area contributed by atoms with Crippen LogP contribution in [0.25, 0.3) is 10.8 Å². The minimum Gasteiger partial charge on any atom is -0.493 e. The van der Waals surface area contributed by atoms with Crippen molar-refractivity contribution in [1.29, 1.82) is 5.26 Å². The lowest BCUT2D eigenvalue weighted by molar-refractivity contribution is -0.0584. The Hall–Kier alpha value is -4.33. The van der Waals surface area contributed by atoms with Crippen molar-refractivity contribution in [1.82, 2.24) is 0 Å². The van der Waals surface area contributed by atoms with Crippen molar-refractivity contribution < 1.29 is 9.47 Å². The van der Waals surface area contributed by atoms with Crippen molar-refractivity contribution in [3.63, 3.8) is 0 Å². The van der Waals surface area contributed by atoms with Gasteiger partial charge in [0.15, 0.2) is 0 Å². The fraction of sp³-hybridized carbons (Fsp3) is 0.289. The zero-order valence-electron chi connectivity index (χ0n) is 24.6. The molecule has 4 aromatic rings. The van der Waals surface area contributed by atoms with Gasteiger partial charge in [0.2, 0.25) is 0 Å². The van der Waals surface area contributed by atoms with E-state index in [1.165, 1.54) is 11.1 Å². The van der Waals surface area contributed by atoms with E-state index in [4.69, 9.17) is 9.47 Å². The highest BCUT2D eigenvalue weighted by molar-refractivity contribution is 5.98. The predicted molar refractivity (Wildman–Crippen MR) is 171 cm³/mol. The van der Waals surface area contributed by atoms with Crippen molar-refractivity contribution in [3.8, 4) is 11.8 Å². The maximum atomic E-state index is 9.64. The Morgan fingerprint density at radius 3 is 2.38 bits per heavy atom. The Bertz CT molecular complexity index is 1650. The maximum Gasteiger partial charge on any atom is 0.119 e. The number of hydrogen-bond donors (Lipinski definition) is 0. The van der Waals surface area contributed by atoms with Crippen LogP contribution in [0, 0.1) is 23.2 Å². The molecule has 2 saturated heterocycles. The third-order valence-corrected chi connectivity index (χ3v) is 9.50. The number of benzene rings is 4. The van der Waals surface area contributed by atoms with E-state index >= 15 is 0 Å². The van der Waals surface area contributed by atoms with E-state index in [9.17, 15) is 5.26 Å². The first-order valence-electron chi connectivity index (χ1n) is 14.8. The summed E-state index contributed by atoms with van der Waals surface area (Å²) < 4.78 is 13.2. The first-order valence-corrected chi connectivity index (χ1v) is 14.8. The monoisotopic (exact) mass is 554 g/mol. The van der Waals surface area contributed by atoms with Crippen LogP contribution in [0.15, 0.2) is 116 Å². The summed E-state index contributed by atoms with van der Waals surface area (Å²) in [6, 6.07) is 33.3. The van der Waals surface area contributed by atoms with Crippen LogP contribution < -0.4 is 9.64 Å². The minimum absolute atomic E-state index is 0.0837. The van der Waals surface area contributed by atoms with Gasteiger partial charge in [0.25, 0.3) is 0 Å². The number of nitriles is 1. The third-order valence-electron chi connectivity index (χ3n) is 9.50. The van der Waals surface area contributed by atoms with Gasteiger partial charge >= 0.3 is 0 Å². The fourth-order valence-corrected chi connectivity index (χ4v) is 7.33. The van der Waals surface area contributed by atoms with Gasteiger partial charge in [-0.1, -0.05) is 79.4 Å². The summed E-state index contributed by atoms with van der Waals surface area (Å²) in [5, 5.41) is 11.6. The van der Waals surface area contributed by atoms with Gasteiger partial charge in [-0.15, -0.1) is 6.58 Å². The second-order valence-electron chi connectivity index (χ2n) is 12.0. The molecule has 2 aliphatic rings. The molecule has 4 aromatic carbocycles. The van der Waals surface area contributed by atoms with Gasteiger partial charge in [-0.05, 0) is 61.6 Å². The Morgan fingerprint density at radius 2 is 1.67 bits per heavy atom. The molecule has 0 unspecified atom stereocenters. The molecule has 0 N–H and O–H groups in total. The maximum absolute atomic E-state index is 9.64. The molecule has 4 atom stereocenters. The summed E-state index contributed by atoms with van der Waals surface area (Å²) in [5.41, 5.74) is 4.64. The van der Waals surface area contributed by atoms with Crippen LogP contribution in [0.4, 0.5) is 5.69 Å². The third kappa shape index (κ3) is 4.89. The van der Waals surface area contributed by atoms with Crippen LogP contribution in [0.5, 0.6) is 5.75 Å². The van der Waals surface area contributed by atoms with E-state index in [1.807, 2.05) is 36.4 Å². The first kappa shape index (κ1) is 27.8. The lowest BCUT2D eigenvalue weighted by atomic mass is 9.65. The SMILES string of the molecule is C=C[C@@H]1[C@H](C(=C)N(C)c2ccc(C#N)c3ccccc23)[C@@]2(C)CC[C@]1(CCOc1ccc(Cc3ccccc3)cc1)O2. The number of ether oxygens (including phenoxy) is 2. The van der Waals surface area contributed by atoms with Gasteiger partial charge in [-0.2, -0.15) is 5.26 Å². The van der Waals surface area contributed by atoms with E-state index < -0.39 is 0 Å². The summed E-state index contributed by atoms with van der Waals surface area (Å²) in [5.74, 6) is 1.08. The molecule has 0 saturated carbocycles. The summed E-state index contributed by atoms with van der Waals surface area (Å²) in [4.78, 5) is 2.18. The topological polar surface area (TPSA) is 45.5 Å². The second-order valence-corrected chi connectivity index (χ2v) is 12.0. The molecule has 0 aliphatic carbocycles. The number of hydrogen-bond acceptors (Lipinski definition) is 4. The van der Waals surface area contributed by atoms with Gasteiger partial charge < -0.3 is 14.4 Å². The molecule has 2 heterocycles. The van der Waals surface area contributed by atoms with Crippen LogP contribution in [0.2, 0.25) is 0 Å². The van der Waals surface area contributed by atoms with E-state index in [2.05, 4.69) is 98.8 Å².